The Labute approximate surface area is 197 Å². The first-order chi connectivity index (χ1) is 15.9. The van der Waals surface area contributed by atoms with Gasteiger partial charge in [0.05, 0.1) is 6.10 Å². The second kappa shape index (κ2) is 8.88. The summed E-state index contributed by atoms with van der Waals surface area (Å²) in [7, 11) is 0. The van der Waals surface area contributed by atoms with Gasteiger partial charge in [0.1, 0.15) is 0 Å². The van der Waals surface area contributed by atoms with Gasteiger partial charge in [-0.25, -0.2) is 0 Å². The molecule has 2 aromatic rings. The van der Waals surface area contributed by atoms with E-state index in [1.165, 1.54) is 23.1 Å². The number of amides is 1. The molecule has 6 atom stereocenters. The average molecular weight is 448 g/mol. The van der Waals surface area contributed by atoms with E-state index in [0.717, 1.165) is 50.5 Å². The van der Waals surface area contributed by atoms with Gasteiger partial charge in [-0.2, -0.15) is 0 Å². The van der Waals surface area contributed by atoms with Gasteiger partial charge in [-0.3, -0.25) is 4.79 Å². The fourth-order valence-electron chi connectivity index (χ4n) is 7.58. The number of aliphatic hydroxyl groups is 2. The average Bonchev–Trinajstić information content (AvgIpc) is 3.07. The summed E-state index contributed by atoms with van der Waals surface area (Å²) in [6.07, 6.45) is 7.89. The predicted molar refractivity (Wildman–Crippen MR) is 130 cm³/mol. The van der Waals surface area contributed by atoms with Gasteiger partial charge in [0.2, 0.25) is 5.91 Å². The van der Waals surface area contributed by atoms with Gasteiger partial charge in [0.25, 0.3) is 0 Å². The normalized spacial score (nSPS) is 32.6. The smallest absolute Gasteiger partial charge is 0.248 e. The third-order valence-corrected chi connectivity index (χ3v) is 9.24. The molecule has 2 saturated carbocycles. The van der Waals surface area contributed by atoms with E-state index in [1.54, 1.807) is 6.07 Å². The van der Waals surface area contributed by atoms with E-state index in [0.29, 0.717) is 23.3 Å². The number of benzene rings is 2. The number of hydrogen-bond donors (Lipinski definition) is 3. The summed E-state index contributed by atoms with van der Waals surface area (Å²) in [6, 6.07) is 14.6. The Balaban J connectivity index is 1.36. The molecule has 0 bridgehead atoms. The molecule has 2 aromatic carbocycles. The maximum absolute atomic E-state index is 11.6. The molecule has 33 heavy (non-hydrogen) atoms. The minimum absolute atomic E-state index is 0.0221. The van der Waals surface area contributed by atoms with Crippen LogP contribution >= 0.6 is 0 Å². The van der Waals surface area contributed by atoms with Crippen molar-refractivity contribution in [1.82, 2.24) is 0 Å². The Morgan fingerprint density at radius 2 is 2.00 bits per heavy atom. The molecule has 1 unspecified atom stereocenters. The Kier molecular flexibility index (Phi) is 6.09. The van der Waals surface area contributed by atoms with Crippen LogP contribution in [0.25, 0.3) is 0 Å². The SMILES string of the molecule is C[C@]12CC[C@@H]3c4ccc(CCCO)cc4CCC3[C@@H]1C[C@H](Cc1cccc(C(N)=O)c1)[C@@H]2O. The Morgan fingerprint density at radius 3 is 2.79 bits per heavy atom. The predicted octanol–water partition coefficient (Wildman–Crippen LogP) is 4.40. The van der Waals surface area contributed by atoms with Crippen molar-refractivity contribution in [2.45, 2.75) is 70.3 Å². The first kappa shape index (κ1) is 22.6. The van der Waals surface area contributed by atoms with Crippen molar-refractivity contribution < 1.29 is 15.0 Å². The quantitative estimate of drug-likeness (QED) is 0.614. The van der Waals surface area contributed by atoms with Crippen LogP contribution in [0.4, 0.5) is 0 Å². The topological polar surface area (TPSA) is 83.5 Å². The second-order valence-corrected chi connectivity index (χ2v) is 11.0. The minimum Gasteiger partial charge on any atom is -0.396 e. The number of aryl methyl sites for hydroxylation is 2. The number of hydrogen-bond acceptors (Lipinski definition) is 3. The molecule has 3 aliphatic carbocycles. The van der Waals surface area contributed by atoms with Crippen LogP contribution in [-0.2, 0) is 19.3 Å². The first-order valence-electron chi connectivity index (χ1n) is 12.7. The summed E-state index contributed by atoms with van der Waals surface area (Å²) in [4.78, 5) is 11.6. The van der Waals surface area contributed by atoms with Crippen LogP contribution in [0.15, 0.2) is 42.5 Å². The number of primary amides is 1. The second-order valence-electron chi connectivity index (χ2n) is 11.0. The Bertz CT molecular complexity index is 1030. The molecule has 176 valence electrons. The maximum Gasteiger partial charge on any atom is 0.248 e. The molecule has 2 fully saturated rings. The lowest BCUT2D eigenvalue weighted by atomic mass is 9.55. The standard InChI is InChI=1S/C29H37NO3/c1-29-12-11-24-23-9-7-18(5-3-13-31)14-20(23)8-10-25(24)26(29)17-22(27(29)32)16-19-4-2-6-21(15-19)28(30)33/h2,4,6-7,9,14-15,22,24-27,31-32H,3,5,8,10-13,16-17H2,1H3,(H2,30,33)/t22-,24+,25?,26-,27-,29-/m0/s1. The zero-order valence-electron chi connectivity index (χ0n) is 19.7. The molecule has 0 radical (unpaired) electrons. The highest BCUT2D eigenvalue weighted by molar-refractivity contribution is 5.92. The number of carbonyl (C=O) groups is 1. The molecule has 5 rings (SSSR count). The first-order valence-corrected chi connectivity index (χ1v) is 12.7. The van der Waals surface area contributed by atoms with Crippen LogP contribution in [-0.4, -0.2) is 28.8 Å². The molecule has 4 N–H and O–H groups in total. The zero-order valence-corrected chi connectivity index (χ0v) is 19.7. The molecule has 0 saturated heterocycles. The number of fused-ring (bicyclic) bond motifs is 5. The van der Waals surface area contributed by atoms with Gasteiger partial charge in [-0.05, 0) is 115 Å². The molecular formula is C29H37NO3. The summed E-state index contributed by atoms with van der Waals surface area (Å²) in [5, 5.41) is 20.6. The molecule has 0 aromatic heterocycles. The summed E-state index contributed by atoms with van der Waals surface area (Å²) in [5.74, 6) is 1.61. The van der Waals surface area contributed by atoms with Crippen molar-refractivity contribution >= 4 is 5.91 Å². The fourth-order valence-corrected chi connectivity index (χ4v) is 7.58. The lowest BCUT2D eigenvalue weighted by Gasteiger charge is -2.50. The molecule has 1 amide bonds. The van der Waals surface area contributed by atoms with Crippen LogP contribution in [0.5, 0.6) is 0 Å². The van der Waals surface area contributed by atoms with Crippen LogP contribution in [0.1, 0.15) is 77.6 Å². The van der Waals surface area contributed by atoms with E-state index < -0.39 is 5.91 Å². The monoisotopic (exact) mass is 447 g/mol. The molecule has 4 nitrogen and oxygen atoms in total. The number of carbonyl (C=O) groups excluding carboxylic acids is 1. The van der Waals surface area contributed by atoms with E-state index in [-0.39, 0.29) is 24.0 Å². The lowest BCUT2D eigenvalue weighted by molar-refractivity contribution is -0.0325. The van der Waals surface area contributed by atoms with Crippen molar-refractivity contribution in [1.29, 1.82) is 0 Å². The van der Waals surface area contributed by atoms with Crippen LogP contribution in [0, 0.1) is 23.2 Å². The van der Waals surface area contributed by atoms with Crippen LogP contribution < -0.4 is 5.73 Å². The van der Waals surface area contributed by atoms with E-state index in [9.17, 15) is 9.90 Å². The van der Waals surface area contributed by atoms with Gasteiger partial charge in [-0.15, -0.1) is 0 Å². The highest BCUT2D eigenvalue weighted by Gasteiger charge is 2.57. The highest BCUT2D eigenvalue weighted by atomic mass is 16.3. The van der Waals surface area contributed by atoms with Crippen molar-refractivity contribution in [3.63, 3.8) is 0 Å². The molecule has 0 heterocycles. The Hall–Kier alpha value is -2.17. The summed E-state index contributed by atoms with van der Waals surface area (Å²) >= 11 is 0. The minimum atomic E-state index is -0.396. The fraction of sp³-hybridized carbons (Fsp3) is 0.552. The number of rotatable bonds is 6. The lowest BCUT2D eigenvalue weighted by Crippen LogP contribution is -2.44. The largest absolute Gasteiger partial charge is 0.396 e. The van der Waals surface area contributed by atoms with Gasteiger partial charge in [-0.1, -0.05) is 37.3 Å². The third kappa shape index (κ3) is 4.02. The Morgan fingerprint density at radius 1 is 1.15 bits per heavy atom. The van der Waals surface area contributed by atoms with E-state index in [2.05, 4.69) is 31.2 Å². The van der Waals surface area contributed by atoms with E-state index >= 15 is 0 Å². The number of nitrogens with two attached hydrogens (primary N) is 1. The van der Waals surface area contributed by atoms with Crippen LogP contribution in [0.3, 0.4) is 0 Å². The summed E-state index contributed by atoms with van der Waals surface area (Å²) in [5.41, 5.74) is 11.5. The number of aliphatic hydroxyl groups excluding tert-OH is 2. The highest BCUT2D eigenvalue weighted by Crippen LogP contribution is 2.62. The van der Waals surface area contributed by atoms with Gasteiger partial charge < -0.3 is 15.9 Å². The molecule has 0 aliphatic heterocycles. The van der Waals surface area contributed by atoms with E-state index in [4.69, 9.17) is 10.8 Å². The summed E-state index contributed by atoms with van der Waals surface area (Å²) < 4.78 is 0. The van der Waals surface area contributed by atoms with Crippen LogP contribution in [0.2, 0.25) is 0 Å². The van der Waals surface area contributed by atoms with Gasteiger partial charge in [0, 0.05) is 12.2 Å². The molecule has 3 aliphatic rings. The zero-order chi connectivity index (χ0) is 23.2. The molecule has 4 heteroatoms. The van der Waals surface area contributed by atoms with Crippen molar-refractivity contribution in [2.75, 3.05) is 6.61 Å². The van der Waals surface area contributed by atoms with Crippen molar-refractivity contribution in [3.8, 4) is 0 Å². The van der Waals surface area contributed by atoms with E-state index in [1.807, 2.05) is 12.1 Å². The van der Waals surface area contributed by atoms with Gasteiger partial charge in [0.15, 0.2) is 0 Å². The molecular weight excluding hydrogens is 410 g/mol. The summed E-state index contributed by atoms with van der Waals surface area (Å²) in [6.45, 7) is 2.57. The maximum atomic E-state index is 11.6. The van der Waals surface area contributed by atoms with Crippen molar-refractivity contribution in [3.05, 3.63) is 70.3 Å². The third-order valence-electron chi connectivity index (χ3n) is 9.24. The molecule has 0 spiro atoms. The van der Waals surface area contributed by atoms with Crippen molar-refractivity contribution in [2.24, 2.45) is 28.9 Å². The van der Waals surface area contributed by atoms with Gasteiger partial charge >= 0.3 is 0 Å².